The molecule has 0 unspecified atom stereocenters. The van der Waals surface area contributed by atoms with Crippen LogP contribution in [-0.4, -0.2) is 32.1 Å². The SMILES string of the molecule is COC(=O)CC1=C(C(=O)OC)[C@]2(C(=O)Nc3ccc(F)cc32)C(C#N)=C(N)O1. The Kier molecular flexibility index (Phi) is 4.52. The predicted molar refractivity (Wildman–Crippen MR) is 90.3 cm³/mol. The zero-order chi connectivity index (χ0) is 20.6. The molecule has 1 aromatic carbocycles. The van der Waals surface area contributed by atoms with Crippen LogP contribution >= 0.6 is 0 Å². The molecule has 144 valence electrons. The Labute approximate surface area is 158 Å². The normalized spacial score (nSPS) is 20.3. The van der Waals surface area contributed by atoms with E-state index in [1.807, 2.05) is 0 Å². The van der Waals surface area contributed by atoms with Crippen molar-refractivity contribution in [3.63, 3.8) is 0 Å². The van der Waals surface area contributed by atoms with Gasteiger partial charge in [0.15, 0.2) is 5.41 Å². The number of esters is 2. The van der Waals surface area contributed by atoms with Crippen molar-refractivity contribution in [2.45, 2.75) is 11.8 Å². The van der Waals surface area contributed by atoms with Crippen molar-refractivity contribution >= 4 is 23.5 Å². The van der Waals surface area contributed by atoms with Gasteiger partial charge in [0.05, 0.1) is 14.2 Å². The molecule has 2 aliphatic rings. The molecule has 2 heterocycles. The number of benzene rings is 1. The number of hydrogen-bond donors (Lipinski definition) is 2. The zero-order valence-electron chi connectivity index (χ0n) is 14.8. The van der Waals surface area contributed by atoms with Gasteiger partial charge in [0, 0.05) is 11.3 Å². The van der Waals surface area contributed by atoms with E-state index < -0.39 is 52.5 Å². The van der Waals surface area contributed by atoms with Crippen molar-refractivity contribution in [3.8, 4) is 6.07 Å². The Morgan fingerprint density at radius 1 is 1.36 bits per heavy atom. The highest BCUT2D eigenvalue weighted by Crippen LogP contribution is 2.52. The average Bonchev–Trinajstić information content (AvgIpc) is 2.93. The van der Waals surface area contributed by atoms with Crippen LogP contribution in [0.2, 0.25) is 0 Å². The number of nitrogens with two attached hydrogens (primary N) is 1. The van der Waals surface area contributed by atoms with Crippen molar-refractivity contribution in [1.82, 2.24) is 0 Å². The van der Waals surface area contributed by atoms with E-state index in [-0.39, 0.29) is 17.0 Å². The fourth-order valence-electron chi connectivity index (χ4n) is 3.36. The van der Waals surface area contributed by atoms with Crippen LogP contribution in [0.1, 0.15) is 12.0 Å². The van der Waals surface area contributed by atoms with Gasteiger partial charge < -0.3 is 25.3 Å². The fourth-order valence-corrected chi connectivity index (χ4v) is 3.36. The van der Waals surface area contributed by atoms with Gasteiger partial charge in [0.1, 0.15) is 35.2 Å². The van der Waals surface area contributed by atoms with Crippen LogP contribution in [0.25, 0.3) is 0 Å². The molecule has 0 aromatic heterocycles. The van der Waals surface area contributed by atoms with E-state index >= 15 is 0 Å². The Morgan fingerprint density at radius 3 is 2.68 bits per heavy atom. The maximum atomic E-state index is 14.0. The summed E-state index contributed by atoms with van der Waals surface area (Å²) in [4.78, 5) is 37.5. The van der Waals surface area contributed by atoms with E-state index in [0.29, 0.717) is 0 Å². The molecule has 3 rings (SSSR count). The van der Waals surface area contributed by atoms with Crippen molar-refractivity contribution in [2.24, 2.45) is 5.73 Å². The minimum absolute atomic E-state index is 0.0249. The quantitative estimate of drug-likeness (QED) is 0.723. The van der Waals surface area contributed by atoms with Gasteiger partial charge in [-0.15, -0.1) is 0 Å². The minimum atomic E-state index is -2.13. The van der Waals surface area contributed by atoms with E-state index in [2.05, 4.69) is 10.1 Å². The number of fused-ring (bicyclic) bond motifs is 2. The molecule has 2 aliphatic heterocycles. The van der Waals surface area contributed by atoms with Gasteiger partial charge in [0.2, 0.25) is 11.8 Å². The highest BCUT2D eigenvalue weighted by molar-refractivity contribution is 6.17. The van der Waals surface area contributed by atoms with Gasteiger partial charge >= 0.3 is 11.9 Å². The standard InChI is InChI=1S/C18H14FN3O6/c1-26-13(23)6-12-14(16(24)27-2)18(10(7-20)15(21)28-12)9-5-8(19)3-4-11(9)22-17(18)25/h3-5H,6,21H2,1-2H3,(H,22,25)/t18-/m1/s1. The molecule has 0 bridgehead atoms. The van der Waals surface area contributed by atoms with Crippen molar-refractivity contribution in [1.29, 1.82) is 5.26 Å². The molecule has 28 heavy (non-hydrogen) atoms. The van der Waals surface area contributed by atoms with E-state index in [1.54, 1.807) is 6.07 Å². The number of rotatable bonds is 3. The molecular formula is C18H14FN3O6. The van der Waals surface area contributed by atoms with E-state index in [9.17, 15) is 24.0 Å². The molecule has 9 nitrogen and oxygen atoms in total. The second kappa shape index (κ2) is 6.70. The number of hydrogen-bond acceptors (Lipinski definition) is 8. The zero-order valence-corrected chi connectivity index (χ0v) is 14.8. The fraction of sp³-hybridized carbons (Fsp3) is 0.222. The van der Waals surface area contributed by atoms with Gasteiger partial charge in [-0.25, -0.2) is 9.18 Å². The lowest BCUT2D eigenvalue weighted by atomic mass is 9.68. The Bertz CT molecular complexity index is 1020. The largest absolute Gasteiger partial charge is 0.469 e. The Hall–Kier alpha value is -3.87. The number of ether oxygens (including phenoxy) is 3. The van der Waals surface area contributed by atoms with Crippen LogP contribution in [0.5, 0.6) is 0 Å². The Balaban J connectivity index is 2.43. The van der Waals surface area contributed by atoms with Crippen LogP contribution in [0.3, 0.4) is 0 Å². The lowest BCUT2D eigenvalue weighted by Gasteiger charge is -2.34. The predicted octanol–water partition coefficient (Wildman–Crippen LogP) is 0.730. The summed E-state index contributed by atoms with van der Waals surface area (Å²) in [7, 11) is 2.16. The topological polar surface area (TPSA) is 141 Å². The average molecular weight is 387 g/mol. The van der Waals surface area contributed by atoms with Crippen molar-refractivity contribution in [2.75, 3.05) is 19.5 Å². The van der Waals surface area contributed by atoms with Crippen LogP contribution in [0, 0.1) is 17.1 Å². The molecule has 1 amide bonds. The van der Waals surface area contributed by atoms with Crippen LogP contribution in [0.15, 0.2) is 41.0 Å². The van der Waals surface area contributed by atoms with Gasteiger partial charge in [-0.05, 0) is 18.2 Å². The van der Waals surface area contributed by atoms with Crippen LogP contribution in [-0.2, 0) is 34.0 Å². The second-order valence-corrected chi connectivity index (χ2v) is 5.89. The molecule has 0 saturated carbocycles. The van der Waals surface area contributed by atoms with Gasteiger partial charge in [-0.1, -0.05) is 0 Å². The summed E-state index contributed by atoms with van der Waals surface area (Å²) in [5.74, 6) is -4.22. The smallest absolute Gasteiger partial charge is 0.339 e. The number of carbonyl (C=O) groups excluding carboxylic acids is 3. The minimum Gasteiger partial charge on any atom is -0.469 e. The van der Waals surface area contributed by atoms with Crippen LogP contribution < -0.4 is 11.1 Å². The van der Waals surface area contributed by atoms with Crippen molar-refractivity contribution in [3.05, 3.63) is 52.4 Å². The van der Waals surface area contributed by atoms with Crippen LogP contribution in [0.4, 0.5) is 10.1 Å². The van der Waals surface area contributed by atoms with E-state index in [1.165, 1.54) is 6.07 Å². The number of nitrogens with zero attached hydrogens (tertiary/aromatic N) is 1. The van der Waals surface area contributed by atoms with Gasteiger partial charge in [-0.3, -0.25) is 9.59 Å². The number of methoxy groups -OCH3 is 2. The number of carbonyl (C=O) groups is 3. The highest BCUT2D eigenvalue weighted by Gasteiger charge is 2.60. The number of halogens is 1. The first-order valence-electron chi connectivity index (χ1n) is 7.89. The maximum Gasteiger partial charge on any atom is 0.339 e. The summed E-state index contributed by atoms with van der Waals surface area (Å²) >= 11 is 0. The molecule has 3 N–H and O–H groups in total. The number of amides is 1. The summed E-state index contributed by atoms with van der Waals surface area (Å²) in [5.41, 5.74) is 2.97. The van der Waals surface area contributed by atoms with E-state index in [0.717, 1.165) is 26.4 Å². The molecule has 1 aromatic rings. The summed E-state index contributed by atoms with van der Waals surface area (Å²) in [6, 6.07) is 5.15. The van der Waals surface area contributed by atoms with E-state index in [4.69, 9.17) is 15.2 Å². The molecule has 0 saturated heterocycles. The molecule has 0 aliphatic carbocycles. The molecular weight excluding hydrogens is 373 g/mol. The monoisotopic (exact) mass is 387 g/mol. The third-order valence-corrected chi connectivity index (χ3v) is 4.52. The van der Waals surface area contributed by atoms with Gasteiger partial charge in [0.25, 0.3) is 0 Å². The summed E-state index contributed by atoms with van der Waals surface area (Å²) < 4.78 is 28.7. The lowest BCUT2D eigenvalue weighted by Crippen LogP contribution is -2.46. The molecule has 0 fully saturated rings. The first-order valence-corrected chi connectivity index (χ1v) is 7.89. The number of nitrogens with one attached hydrogen (secondary N) is 1. The third kappa shape index (κ3) is 2.48. The summed E-state index contributed by atoms with van der Waals surface area (Å²) in [6.45, 7) is 0. The van der Waals surface area contributed by atoms with Gasteiger partial charge in [-0.2, -0.15) is 5.26 Å². The molecule has 0 radical (unpaired) electrons. The maximum absolute atomic E-state index is 14.0. The summed E-state index contributed by atoms with van der Waals surface area (Å²) in [5, 5.41) is 12.2. The van der Waals surface area contributed by atoms with Crippen molar-refractivity contribution < 1.29 is 33.0 Å². The first kappa shape index (κ1) is 18.9. The first-order chi connectivity index (χ1) is 13.3. The highest BCUT2D eigenvalue weighted by atomic mass is 19.1. The summed E-state index contributed by atoms with van der Waals surface area (Å²) in [6.07, 6.45) is -0.569. The Morgan fingerprint density at radius 2 is 2.07 bits per heavy atom. The third-order valence-electron chi connectivity index (χ3n) is 4.52. The molecule has 1 atom stereocenters. The number of nitriles is 1. The second-order valence-electron chi connectivity index (χ2n) is 5.89. The lowest BCUT2D eigenvalue weighted by molar-refractivity contribution is -0.141. The molecule has 1 spiro atoms. The molecule has 10 heteroatoms. The number of anilines is 1.